The molecule has 0 rings (SSSR count). The van der Waals surface area contributed by atoms with Crippen molar-refractivity contribution < 1.29 is 8.77 Å². The van der Waals surface area contributed by atoms with Gasteiger partial charge < -0.3 is 0 Å². The Balaban J connectivity index is 4.76. The van der Waals surface area contributed by atoms with E-state index in [1.54, 1.807) is 0 Å². The van der Waals surface area contributed by atoms with Crippen molar-refractivity contribution in [1.29, 1.82) is 0 Å². The van der Waals surface area contributed by atoms with E-state index in [9.17, 15) is 8.77 Å². The molecule has 0 saturated carbocycles. The molecule has 56 valence electrons. The highest BCUT2D eigenvalue weighted by molar-refractivity contribution is 8.21. The van der Waals surface area contributed by atoms with E-state index in [2.05, 4.69) is 4.13 Å². The SMILES string of the molecule is CS(=O)(Cl)=NP(=O)(Cl)Cl. The summed E-state index contributed by atoms with van der Waals surface area (Å²) in [5, 5.41) is 0. The van der Waals surface area contributed by atoms with Crippen LogP contribution in [-0.2, 0) is 13.5 Å². The van der Waals surface area contributed by atoms with Crippen LogP contribution < -0.4 is 0 Å². The Hall–Kier alpha value is 1.05. The van der Waals surface area contributed by atoms with Crippen LogP contribution in [0.1, 0.15) is 0 Å². The molecule has 0 N–H and O–H groups in total. The Bertz CT molecular complexity index is 241. The predicted molar refractivity (Wildman–Crippen MR) is 41.7 cm³/mol. The zero-order valence-electron chi connectivity index (χ0n) is 4.25. The lowest BCUT2D eigenvalue weighted by Gasteiger charge is -1.91. The third-order valence-corrected chi connectivity index (χ3v) is 3.83. The fraction of sp³-hybridized carbons (Fsp3) is 1.00. The summed E-state index contributed by atoms with van der Waals surface area (Å²) in [6.45, 7) is 0. The summed E-state index contributed by atoms with van der Waals surface area (Å²) in [7, 11) is 2.08. The van der Waals surface area contributed by atoms with Gasteiger partial charge in [0.15, 0.2) is 0 Å². The molecule has 0 aliphatic carbocycles. The number of hydrogen-bond acceptors (Lipinski definition) is 2. The first-order valence-electron chi connectivity index (χ1n) is 1.63. The molecule has 0 aliphatic heterocycles. The minimum Gasteiger partial charge on any atom is -0.262 e. The maximum atomic E-state index is 10.5. The molecular formula is CH3Cl3NO2PS. The second-order valence-corrected chi connectivity index (χ2v) is 9.16. The van der Waals surface area contributed by atoms with E-state index in [1.807, 2.05) is 0 Å². The van der Waals surface area contributed by atoms with E-state index < -0.39 is 14.9 Å². The van der Waals surface area contributed by atoms with Gasteiger partial charge in [0, 0.05) is 6.26 Å². The lowest BCUT2D eigenvalue weighted by atomic mass is 12.0. The van der Waals surface area contributed by atoms with E-state index in [0.717, 1.165) is 6.26 Å². The highest BCUT2D eigenvalue weighted by Gasteiger charge is 2.13. The molecule has 0 amide bonds. The van der Waals surface area contributed by atoms with Crippen molar-refractivity contribution in [3.05, 3.63) is 0 Å². The monoisotopic (exact) mass is 229 g/mol. The fourth-order valence-corrected chi connectivity index (χ4v) is 5.00. The first-order chi connectivity index (χ1) is 3.71. The van der Waals surface area contributed by atoms with Crippen molar-refractivity contribution in [2.24, 2.45) is 4.13 Å². The summed E-state index contributed by atoms with van der Waals surface area (Å²) in [6.07, 6.45) is 1.08. The molecule has 0 spiro atoms. The van der Waals surface area contributed by atoms with Gasteiger partial charge in [0.25, 0.3) is 0 Å². The smallest absolute Gasteiger partial charge is 0.262 e. The first-order valence-corrected chi connectivity index (χ1v) is 7.85. The molecule has 1 atom stereocenters. The van der Waals surface area contributed by atoms with E-state index in [1.165, 1.54) is 0 Å². The lowest BCUT2D eigenvalue weighted by molar-refractivity contribution is 0.593. The lowest BCUT2D eigenvalue weighted by Crippen LogP contribution is -1.77. The van der Waals surface area contributed by atoms with Crippen LogP contribution in [0.25, 0.3) is 0 Å². The van der Waals surface area contributed by atoms with E-state index in [4.69, 9.17) is 33.2 Å². The van der Waals surface area contributed by atoms with Gasteiger partial charge in [-0.25, -0.2) is 4.21 Å². The molecule has 0 aromatic heterocycles. The molecule has 0 bridgehead atoms. The molecule has 0 fully saturated rings. The van der Waals surface area contributed by atoms with Crippen molar-refractivity contribution in [3.8, 4) is 0 Å². The molecular weight excluding hydrogens is 227 g/mol. The summed E-state index contributed by atoms with van der Waals surface area (Å²) in [4.78, 5) is 0. The van der Waals surface area contributed by atoms with Gasteiger partial charge >= 0.3 is 6.00 Å². The summed E-state index contributed by atoms with van der Waals surface area (Å²) in [5.41, 5.74) is 0. The van der Waals surface area contributed by atoms with E-state index in [-0.39, 0.29) is 0 Å². The minimum absolute atomic E-state index is 1.08. The standard InChI is InChI=1S/CH3Cl3NO2PS/c1-9(4,7)5-8(2,3)6/h1H3. The van der Waals surface area contributed by atoms with Crippen LogP contribution in [-0.4, -0.2) is 10.5 Å². The van der Waals surface area contributed by atoms with Crippen LogP contribution in [0.5, 0.6) is 0 Å². The Kier molecular flexibility index (Phi) is 3.32. The van der Waals surface area contributed by atoms with Crippen molar-refractivity contribution in [1.82, 2.24) is 0 Å². The third-order valence-electron chi connectivity index (χ3n) is 0.241. The molecule has 0 aromatic rings. The molecule has 3 nitrogen and oxygen atoms in total. The zero-order valence-corrected chi connectivity index (χ0v) is 8.23. The second-order valence-electron chi connectivity index (χ2n) is 1.23. The number of nitrogens with zero attached hydrogens (tertiary/aromatic N) is 1. The molecule has 0 saturated heterocycles. The maximum Gasteiger partial charge on any atom is 0.372 e. The minimum atomic E-state index is -3.63. The number of rotatable bonds is 1. The molecule has 0 aliphatic rings. The van der Waals surface area contributed by atoms with Crippen molar-refractivity contribution in [3.63, 3.8) is 0 Å². The highest BCUT2D eigenvalue weighted by atomic mass is 35.9. The number of hydrogen-bond donors (Lipinski definition) is 0. The number of halogens is 3. The van der Waals surface area contributed by atoms with Crippen molar-refractivity contribution in [2.45, 2.75) is 0 Å². The van der Waals surface area contributed by atoms with Gasteiger partial charge in [-0.2, -0.15) is 0 Å². The van der Waals surface area contributed by atoms with Gasteiger partial charge in [-0.1, -0.05) is 0 Å². The van der Waals surface area contributed by atoms with Gasteiger partial charge in [0.1, 0.15) is 8.94 Å². The second kappa shape index (κ2) is 2.97. The van der Waals surface area contributed by atoms with Gasteiger partial charge in [-0.15, -0.1) is 4.13 Å². The Morgan fingerprint density at radius 1 is 1.56 bits per heavy atom. The Morgan fingerprint density at radius 3 is 1.89 bits per heavy atom. The summed E-state index contributed by atoms with van der Waals surface area (Å²) in [5.74, 6) is -3.63. The van der Waals surface area contributed by atoms with E-state index in [0.29, 0.717) is 0 Å². The summed E-state index contributed by atoms with van der Waals surface area (Å²) in [6, 6.07) is 0. The quantitative estimate of drug-likeness (QED) is 0.514. The van der Waals surface area contributed by atoms with E-state index >= 15 is 0 Å². The molecule has 0 aromatic carbocycles. The van der Waals surface area contributed by atoms with Gasteiger partial charge in [-0.05, 0) is 33.2 Å². The van der Waals surface area contributed by atoms with Crippen LogP contribution in [0.4, 0.5) is 0 Å². The topological polar surface area (TPSA) is 46.5 Å². The average Bonchev–Trinajstić information content (AvgIpc) is 1.14. The predicted octanol–water partition coefficient (Wildman–Crippen LogP) is 2.82. The van der Waals surface area contributed by atoms with Gasteiger partial charge in [0.05, 0.1) is 0 Å². The summed E-state index contributed by atoms with van der Waals surface area (Å²) >= 11 is 9.82. The average molecular weight is 230 g/mol. The van der Waals surface area contributed by atoms with Crippen molar-refractivity contribution >= 4 is 48.1 Å². The normalized spacial score (nSPS) is 18.7. The summed E-state index contributed by atoms with van der Waals surface area (Å²) < 4.78 is 23.7. The van der Waals surface area contributed by atoms with Gasteiger partial charge in [0.2, 0.25) is 0 Å². The Labute approximate surface area is 67.4 Å². The Morgan fingerprint density at radius 2 is 1.89 bits per heavy atom. The van der Waals surface area contributed by atoms with Crippen LogP contribution >= 0.6 is 39.2 Å². The third kappa shape index (κ3) is 9.05. The highest BCUT2D eigenvalue weighted by Crippen LogP contribution is 2.59. The van der Waals surface area contributed by atoms with Crippen LogP contribution in [0.15, 0.2) is 4.13 Å². The zero-order chi connectivity index (χ0) is 7.71. The molecule has 0 heterocycles. The van der Waals surface area contributed by atoms with Crippen LogP contribution in [0.3, 0.4) is 0 Å². The first kappa shape index (κ1) is 10.0. The molecule has 0 radical (unpaired) electrons. The molecule has 9 heavy (non-hydrogen) atoms. The molecule has 1 unspecified atom stereocenters. The van der Waals surface area contributed by atoms with Crippen LogP contribution in [0, 0.1) is 0 Å². The van der Waals surface area contributed by atoms with Crippen molar-refractivity contribution in [2.75, 3.05) is 6.26 Å². The fourth-order valence-electron chi connectivity index (χ4n) is 0.170. The van der Waals surface area contributed by atoms with Gasteiger partial charge in [-0.3, -0.25) is 4.57 Å². The molecule has 8 heteroatoms. The maximum absolute atomic E-state index is 10.5. The largest absolute Gasteiger partial charge is 0.372 e. The van der Waals surface area contributed by atoms with Crippen LogP contribution in [0.2, 0.25) is 0 Å².